The number of nitrogens with zero attached hydrogens (tertiary/aromatic N) is 1. The van der Waals surface area contributed by atoms with Crippen LogP contribution < -0.4 is 10.6 Å². The summed E-state index contributed by atoms with van der Waals surface area (Å²) in [6.07, 6.45) is 0.897. The number of methoxy groups -OCH3 is 1. The number of anilines is 1. The molecule has 1 rings (SSSR count). The SMILES string of the molecule is CCC(N)c1ccccc1N(CCO)CCOC. The number of aliphatic hydroxyl groups is 1. The fourth-order valence-corrected chi connectivity index (χ4v) is 1.98. The molecule has 0 aliphatic heterocycles. The van der Waals surface area contributed by atoms with E-state index in [0.29, 0.717) is 13.2 Å². The molecule has 0 saturated carbocycles. The van der Waals surface area contributed by atoms with Crippen LogP contribution in [0.3, 0.4) is 0 Å². The summed E-state index contributed by atoms with van der Waals surface area (Å²) < 4.78 is 5.11. The normalized spacial score (nSPS) is 12.4. The van der Waals surface area contributed by atoms with Gasteiger partial charge in [0.15, 0.2) is 0 Å². The van der Waals surface area contributed by atoms with Crippen LogP contribution in [-0.2, 0) is 4.74 Å². The summed E-state index contributed by atoms with van der Waals surface area (Å²) in [4.78, 5) is 2.12. The van der Waals surface area contributed by atoms with Crippen LogP contribution in [0.1, 0.15) is 24.9 Å². The molecule has 0 aromatic heterocycles. The maximum atomic E-state index is 9.17. The zero-order valence-electron chi connectivity index (χ0n) is 11.3. The average Bonchev–Trinajstić information content (AvgIpc) is 2.42. The molecule has 1 aromatic carbocycles. The Morgan fingerprint density at radius 3 is 2.67 bits per heavy atom. The molecule has 102 valence electrons. The third-order valence-electron chi connectivity index (χ3n) is 3.05. The van der Waals surface area contributed by atoms with Crippen molar-refractivity contribution in [3.8, 4) is 0 Å². The summed E-state index contributed by atoms with van der Waals surface area (Å²) in [5, 5.41) is 9.17. The standard InChI is InChI=1S/C14H24N2O2/c1-3-13(15)12-6-4-5-7-14(12)16(8-10-17)9-11-18-2/h4-7,13,17H,3,8-11,15H2,1-2H3. The lowest BCUT2D eigenvalue weighted by Crippen LogP contribution is -2.31. The minimum Gasteiger partial charge on any atom is -0.395 e. The second-order valence-corrected chi connectivity index (χ2v) is 4.28. The second kappa shape index (κ2) is 8.08. The third-order valence-corrected chi connectivity index (χ3v) is 3.05. The first-order valence-corrected chi connectivity index (χ1v) is 6.43. The van der Waals surface area contributed by atoms with Gasteiger partial charge in [-0.2, -0.15) is 0 Å². The van der Waals surface area contributed by atoms with Crippen molar-refractivity contribution in [2.75, 3.05) is 38.3 Å². The molecule has 1 aromatic rings. The lowest BCUT2D eigenvalue weighted by Gasteiger charge is -2.27. The maximum Gasteiger partial charge on any atom is 0.0637 e. The van der Waals surface area contributed by atoms with Crippen molar-refractivity contribution in [2.45, 2.75) is 19.4 Å². The van der Waals surface area contributed by atoms with Crippen LogP contribution in [0.25, 0.3) is 0 Å². The molecule has 0 saturated heterocycles. The van der Waals surface area contributed by atoms with Gasteiger partial charge >= 0.3 is 0 Å². The number of aliphatic hydroxyl groups excluding tert-OH is 1. The molecular weight excluding hydrogens is 228 g/mol. The van der Waals surface area contributed by atoms with Crippen LogP contribution in [0.2, 0.25) is 0 Å². The molecular formula is C14H24N2O2. The van der Waals surface area contributed by atoms with Gasteiger partial charge in [0.2, 0.25) is 0 Å². The molecule has 4 nitrogen and oxygen atoms in total. The van der Waals surface area contributed by atoms with E-state index in [1.165, 1.54) is 0 Å². The van der Waals surface area contributed by atoms with Gasteiger partial charge in [-0.15, -0.1) is 0 Å². The zero-order chi connectivity index (χ0) is 13.4. The number of ether oxygens (including phenoxy) is 1. The van der Waals surface area contributed by atoms with Crippen molar-refractivity contribution in [3.05, 3.63) is 29.8 Å². The topological polar surface area (TPSA) is 58.7 Å². The van der Waals surface area contributed by atoms with Gasteiger partial charge in [0.25, 0.3) is 0 Å². The van der Waals surface area contributed by atoms with Crippen LogP contribution in [0.4, 0.5) is 5.69 Å². The largest absolute Gasteiger partial charge is 0.395 e. The molecule has 18 heavy (non-hydrogen) atoms. The highest BCUT2D eigenvalue weighted by Gasteiger charge is 2.14. The lowest BCUT2D eigenvalue weighted by atomic mass is 10.0. The summed E-state index contributed by atoms with van der Waals surface area (Å²) in [5.41, 5.74) is 8.36. The van der Waals surface area contributed by atoms with E-state index in [1.807, 2.05) is 12.1 Å². The Bertz CT molecular complexity index is 344. The number of para-hydroxylation sites is 1. The average molecular weight is 252 g/mol. The van der Waals surface area contributed by atoms with E-state index in [-0.39, 0.29) is 12.6 Å². The van der Waals surface area contributed by atoms with Crippen molar-refractivity contribution in [2.24, 2.45) is 5.73 Å². The minimum atomic E-state index is 0.0323. The summed E-state index contributed by atoms with van der Waals surface area (Å²) in [6.45, 7) is 4.18. The minimum absolute atomic E-state index is 0.0323. The lowest BCUT2D eigenvalue weighted by molar-refractivity contribution is 0.203. The van der Waals surface area contributed by atoms with Crippen molar-refractivity contribution in [1.82, 2.24) is 0 Å². The highest BCUT2D eigenvalue weighted by molar-refractivity contribution is 5.55. The van der Waals surface area contributed by atoms with E-state index in [2.05, 4.69) is 24.0 Å². The molecule has 0 fully saturated rings. The van der Waals surface area contributed by atoms with Crippen LogP contribution in [0.5, 0.6) is 0 Å². The van der Waals surface area contributed by atoms with E-state index < -0.39 is 0 Å². The predicted molar refractivity (Wildman–Crippen MR) is 74.8 cm³/mol. The van der Waals surface area contributed by atoms with Crippen molar-refractivity contribution >= 4 is 5.69 Å². The predicted octanol–water partition coefficient (Wildman–Crippen LogP) is 1.54. The molecule has 4 heteroatoms. The Morgan fingerprint density at radius 1 is 1.33 bits per heavy atom. The summed E-state index contributed by atoms with van der Waals surface area (Å²) in [5.74, 6) is 0. The Morgan fingerprint density at radius 2 is 2.06 bits per heavy atom. The smallest absolute Gasteiger partial charge is 0.0637 e. The second-order valence-electron chi connectivity index (χ2n) is 4.28. The molecule has 0 radical (unpaired) electrons. The van der Waals surface area contributed by atoms with Crippen molar-refractivity contribution in [1.29, 1.82) is 0 Å². The van der Waals surface area contributed by atoms with Gasteiger partial charge in [-0.05, 0) is 18.1 Å². The fourth-order valence-electron chi connectivity index (χ4n) is 1.98. The van der Waals surface area contributed by atoms with E-state index in [0.717, 1.165) is 24.2 Å². The van der Waals surface area contributed by atoms with Gasteiger partial charge in [0.1, 0.15) is 0 Å². The van der Waals surface area contributed by atoms with Gasteiger partial charge in [0, 0.05) is 31.9 Å². The molecule has 0 heterocycles. The Labute approximate surface area is 109 Å². The van der Waals surface area contributed by atoms with Gasteiger partial charge in [-0.3, -0.25) is 0 Å². The molecule has 1 atom stereocenters. The van der Waals surface area contributed by atoms with E-state index >= 15 is 0 Å². The third kappa shape index (κ3) is 3.98. The number of hydrogen-bond acceptors (Lipinski definition) is 4. The Hall–Kier alpha value is -1.10. The molecule has 0 amide bonds. The first-order chi connectivity index (χ1) is 8.74. The number of rotatable bonds is 8. The Balaban J connectivity index is 2.94. The number of benzene rings is 1. The van der Waals surface area contributed by atoms with E-state index in [1.54, 1.807) is 7.11 Å². The van der Waals surface area contributed by atoms with E-state index in [9.17, 15) is 5.11 Å². The first kappa shape index (κ1) is 15.0. The maximum absolute atomic E-state index is 9.17. The van der Waals surface area contributed by atoms with Crippen LogP contribution in [0.15, 0.2) is 24.3 Å². The van der Waals surface area contributed by atoms with Gasteiger partial charge in [-0.1, -0.05) is 25.1 Å². The first-order valence-electron chi connectivity index (χ1n) is 6.43. The monoisotopic (exact) mass is 252 g/mol. The molecule has 0 bridgehead atoms. The zero-order valence-corrected chi connectivity index (χ0v) is 11.3. The fraction of sp³-hybridized carbons (Fsp3) is 0.571. The summed E-state index contributed by atoms with van der Waals surface area (Å²) in [6, 6.07) is 8.14. The molecule has 1 unspecified atom stereocenters. The van der Waals surface area contributed by atoms with E-state index in [4.69, 9.17) is 10.5 Å². The molecule has 3 N–H and O–H groups in total. The molecule has 0 aliphatic rings. The van der Waals surface area contributed by atoms with Gasteiger partial charge < -0.3 is 20.5 Å². The number of nitrogens with two attached hydrogens (primary N) is 1. The quantitative estimate of drug-likeness (QED) is 0.737. The summed E-state index contributed by atoms with van der Waals surface area (Å²) >= 11 is 0. The Kier molecular flexibility index (Phi) is 6.72. The summed E-state index contributed by atoms with van der Waals surface area (Å²) in [7, 11) is 1.68. The van der Waals surface area contributed by atoms with Crippen LogP contribution in [0, 0.1) is 0 Å². The van der Waals surface area contributed by atoms with Crippen molar-refractivity contribution < 1.29 is 9.84 Å². The van der Waals surface area contributed by atoms with Gasteiger partial charge in [0.05, 0.1) is 13.2 Å². The van der Waals surface area contributed by atoms with Crippen LogP contribution >= 0.6 is 0 Å². The number of hydrogen-bond donors (Lipinski definition) is 2. The van der Waals surface area contributed by atoms with Gasteiger partial charge in [-0.25, -0.2) is 0 Å². The highest BCUT2D eigenvalue weighted by atomic mass is 16.5. The molecule has 0 spiro atoms. The molecule has 0 aliphatic carbocycles. The van der Waals surface area contributed by atoms with Crippen molar-refractivity contribution in [3.63, 3.8) is 0 Å². The highest BCUT2D eigenvalue weighted by Crippen LogP contribution is 2.26. The van der Waals surface area contributed by atoms with Crippen LogP contribution in [-0.4, -0.2) is 38.5 Å².